The number of anilines is 1. The number of hydrogen-bond acceptors (Lipinski definition) is 5. The van der Waals surface area contributed by atoms with Gasteiger partial charge in [0, 0.05) is 32.3 Å². The van der Waals surface area contributed by atoms with Crippen molar-refractivity contribution >= 4 is 29.3 Å². The fraction of sp³-hybridized carbons (Fsp3) is 0.333. The Balaban J connectivity index is 0.00000101. The van der Waals surface area contributed by atoms with Crippen molar-refractivity contribution in [3.8, 4) is 11.3 Å². The number of H-pyrrole nitrogens is 1. The van der Waals surface area contributed by atoms with Crippen LogP contribution in [-0.2, 0) is 9.59 Å². The van der Waals surface area contributed by atoms with Crippen molar-refractivity contribution < 1.29 is 14.0 Å². The van der Waals surface area contributed by atoms with Crippen LogP contribution in [0, 0.1) is 5.82 Å². The van der Waals surface area contributed by atoms with Gasteiger partial charge >= 0.3 is 0 Å². The van der Waals surface area contributed by atoms with Crippen LogP contribution in [0.4, 0.5) is 10.3 Å². The number of fused-ring (bicyclic) bond motifs is 1. The van der Waals surface area contributed by atoms with Crippen LogP contribution in [0.5, 0.6) is 0 Å². The van der Waals surface area contributed by atoms with Crippen molar-refractivity contribution in [2.24, 2.45) is 5.73 Å². The smallest absolute Gasteiger partial charge is 0.222 e. The maximum absolute atomic E-state index is 14.4. The summed E-state index contributed by atoms with van der Waals surface area (Å²) in [7, 11) is 3.42. The van der Waals surface area contributed by atoms with E-state index in [-0.39, 0.29) is 23.5 Å². The summed E-state index contributed by atoms with van der Waals surface area (Å²) in [4.78, 5) is 35.8. The van der Waals surface area contributed by atoms with E-state index in [1.807, 2.05) is 19.9 Å². The van der Waals surface area contributed by atoms with Gasteiger partial charge in [0.1, 0.15) is 17.0 Å². The lowest BCUT2D eigenvalue weighted by molar-refractivity contribution is -0.129. The number of hydrogen-bond donors (Lipinski definition) is 3. The molecule has 160 valence electrons. The Morgan fingerprint density at radius 3 is 2.70 bits per heavy atom. The molecule has 30 heavy (non-hydrogen) atoms. The van der Waals surface area contributed by atoms with Gasteiger partial charge in [0.2, 0.25) is 18.3 Å². The van der Waals surface area contributed by atoms with E-state index in [9.17, 15) is 14.0 Å². The minimum Gasteiger partial charge on any atom is -0.349 e. The van der Waals surface area contributed by atoms with Crippen LogP contribution >= 0.6 is 0 Å². The first-order valence-electron chi connectivity index (χ1n) is 9.57. The molecule has 2 amide bonds. The third-order valence-electron chi connectivity index (χ3n) is 4.37. The third-order valence-corrected chi connectivity index (χ3v) is 4.37. The number of nitrogens with zero attached hydrogens (tertiary/aromatic N) is 3. The maximum Gasteiger partial charge on any atom is 0.222 e. The average molecular weight is 414 g/mol. The number of rotatable bonds is 6. The Kier molecular flexibility index (Phi) is 7.99. The summed E-state index contributed by atoms with van der Waals surface area (Å²) in [6, 6.07) is 6.50. The van der Waals surface area contributed by atoms with E-state index in [1.165, 1.54) is 23.2 Å². The Hall–Kier alpha value is -3.33. The van der Waals surface area contributed by atoms with E-state index in [4.69, 9.17) is 5.73 Å². The van der Waals surface area contributed by atoms with E-state index >= 15 is 0 Å². The molecule has 2 aromatic heterocycles. The Morgan fingerprint density at radius 2 is 2.10 bits per heavy atom. The molecule has 0 aliphatic carbocycles. The van der Waals surface area contributed by atoms with Gasteiger partial charge in [-0.1, -0.05) is 13.8 Å². The largest absolute Gasteiger partial charge is 0.349 e. The predicted molar refractivity (Wildman–Crippen MR) is 115 cm³/mol. The highest BCUT2D eigenvalue weighted by molar-refractivity contribution is 5.94. The Bertz CT molecular complexity index is 1020. The van der Waals surface area contributed by atoms with Gasteiger partial charge in [0.05, 0.1) is 5.52 Å². The zero-order valence-electron chi connectivity index (χ0n) is 17.6. The topological polar surface area (TPSA) is 117 Å². The normalized spacial score (nSPS) is 11.4. The molecule has 9 heteroatoms. The number of aromatic amines is 1. The SMILES string of the molecule is CC(CC(=O)N(C)C)c1cc(-c2ncccc2F)c2nc(NC=O)[nH]c2c1.CCN. The molecule has 0 aliphatic heterocycles. The van der Waals surface area contributed by atoms with E-state index in [2.05, 4.69) is 20.3 Å². The van der Waals surface area contributed by atoms with Gasteiger partial charge in [-0.15, -0.1) is 0 Å². The second-order valence-corrected chi connectivity index (χ2v) is 6.95. The van der Waals surface area contributed by atoms with Crippen molar-refractivity contribution in [3.05, 3.63) is 41.8 Å². The lowest BCUT2D eigenvalue weighted by Crippen LogP contribution is -2.23. The van der Waals surface area contributed by atoms with E-state index in [1.54, 1.807) is 20.2 Å². The lowest BCUT2D eigenvalue weighted by Gasteiger charge is -2.16. The van der Waals surface area contributed by atoms with Crippen LogP contribution < -0.4 is 11.1 Å². The second kappa shape index (κ2) is 10.4. The number of pyridine rings is 1. The first-order chi connectivity index (χ1) is 14.3. The standard InChI is InChI=1S/C19H20FN5O2.C2H7N/c1-11(7-16(27)25(2)3)12-8-13(17-14(20)5-4-6-21-17)18-15(9-12)23-19(24-18)22-10-26;1-2-3/h4-6,8-11H,7H2,1-3H3,(H2,22,23,24,26);2-3H2,1H3. The number of benzene rings is 1. The number of imidazole rings is 1. The highest BCUT2D eigenvalue weighted by Crippen LogP contribution is 2.33. The molecule has 0 radical (unpaired) electrons. The lowest BCUT2D eigenvalue weighted by atomic mass is 9.93. The molecule has 3 rings (SSSR count). The number of aromatic nitrogens is 3. The van der Waals surface area contributed by atoms with Crippen LogP contribution in [0.25, 0.3) is 22.3 Å². The summed E-state index contributed by atoms with van der Waals surface area (Å²) in [5, 5.41) is 2.46. The van der Waals surface area contributed by atoms with E-state index < -0.39 is 5.82 Å². The first-order valence-corrected chi connectivity index (χ1v) is 9.57. The maximum atomic E-state index is 14.4. The molecule has 0 spiro atoms. The number of amides is 2. The van der Waals surface area contributed by atoms with E-state index in [0.29, 0.717) is 29.4 Å². The minimum atomic E-state index is -0.471. The van der Waals surface area contributed by atoms with Gasteiger partial charge in [-0.25, -0.2) is 9.37 Å². The number of nitrogens with two attached hydrogens (primary N) is 1. The monoisotopic (exact) mass is 414 g/mol. The van der Waals surface area contributed by atoms with Gasteiger partial charge in [0.25, 0.3) is 0 Å². The highest BCUT2D eigenvalue weighted by atomic mass is 19.1. The molecule has 0 aliphatic rings. The van der Waals surface area contributed by atoms with Crippen LogP contribution in [0.1, 0.15) is 31.7 Å². The fourth-order valence-corrected chi connectivity index (χ4v) is 2.88. The van der Waals surface area contributed by atoms with Crippen LogP contribution in [0.3, 0.4) is 0 Å². The van der Waals surface area contributed by atoms with Crippen LogP contribution in [-0.4, -0.2) is 52.8 Å². The summed E-state index contributed by atoms with van der Waals surface area (Å²) in [6.45, 7) is 4.59. The number of carbonyl (C=O) groups excluding carboxylic acids is 2. The van der Waals surface area contributed by atoms with Crippen molar-refractivity contribution in [1.82, 2.24) is 19.9 Å². The molecular formula is C21H27FN6O2. The molecule has 3 aromatic rings. The van der Waals surface area contributed by atoms with Gasteiger partial charge in [0.15, 0.2) is 0 Å². The quantitative estimate of drug-likeness (QED) is 0.536. The van der Waals surface area contributed by atoms with Crippen molar-refractivity contribution in [2.45, 2.75) is 26.2 Å². The second-order valence-electron chi connectivity index (χ2n) is 6.95. The number of carbonyl (C=O) groups is 2. The molecule has 2 heterocycles. The number of halogens is 1. The predicted octanol–water partition coefficient (Wildman–Crippen LogP) is 2.88. The summed E-state index contributed by atoms with van der Waals surface area (Å²) >= 11 is 0. The molecule has 0 bridgehead atoms. The van der Waals surface area contributed by atoms with E-state index in [0.717, 1.165) is 12.1 Å². The zero-order chi connectivity index (χ0) is 22.3. The third kappa shape index (κ3) is 5.38. The van der Waals surface area contributed by atoms with Gasteiger partial charge in [-0.2, -0.15) is 0 Å². The van der Waals surface area contributed by atoms with Crippen molar-refractivity contribution in [1.29, 1.82) is 0 Å². The summed E-state index contributed by atoms with van der Waals surface area (Å²) in [5.74, 6) is -0.311. The van der Waals surface area contributed by atoms with Gasteiger partial charge < -0.3 is 15.6 Å². The van der Waals surface area contributed by atoms with Gasteiger partial charge in [-0.05, 0) is 42.3 Å². The molecule has 0 saturated heterocycles. The highest BCUT2D eigenvalue weighted by Gasteiger charge is 2.19. The van der Waals surface area contributed by atoms with Crippen molar-refractivity contribution in [3.63, 3.8) is 0 Å². The zero-order valence-corrected chi connectivity index (χ0v) is 17.6. The van der Waals surface area contributed by atoms with Crippen LogP contribution in [0.15, 0.2) is 30.5 Å². The molecule has 1 atom stereocenters. The molecule has 1 aromatic carbocycles. The molecule has 1 unspecified atom stereocenters. The Labute approximate surface area is 174 Å². The summed E-state index contributed by atoms with van der Waals surface area (Å²) < 4.78 is 14.4. The van der Waals surface area contributed by atoms with Gasteiger partial charge in [-0.3, -0.25) is 19.9 Å². The molecule has 8 nitrogen and oxygen atoms in total. The average Bonchev–Trinajstić information content (AvgIpc) is 3.11. The van der Waals surface area contributed by atoms with Crippen LogP contribution in [0.2, 0.25) is 0 Å². The van der Waals surface area contributed by atoms with Crippen molar-refractivity contribution in [2.75, 3.05) is 26.0 Å². The Morgan fingerprint density at radius 1 is 1.40 bits per heavy atom. The summed E-state index contributed by atoms with van der Waals surface area (Å²) in [5.41, 5.74) is 7.48. The molecule has 0 fully saturated rings. The minimum absolute atomic E-state index is 0.00100. The molecule has 0 saturated carbocycles. The first kappa shape index (κ1) is 23.0. The fourth-order valence-electron chi connectivity index (χ4n) is 2.88. The molecular weight excluding hydrogens is 387 g/mol. The number of nitrogens with one attached hydrogen (secondary N) is 2. The summed E-state index contributed by atoms with van der Waals surface area (Å²) in [6.07, 6.45) is 2.33. The molecule has 4 N–H and O–H groups in total.